The molecule has 30 heavy (non-hydrogen) atoms. The summed E-state index contributed by atoms with van der Waals surface area (Å²) in [7, 11) is 0. The van der Waals surface area contributed by atoms with Crippen LogP contribution in [-0.2, 0) is 6.61 Å². The van der Waals surface area contributed by atoms with Crippen molar-refractivity contribution in [2.75, 3.05) is 0 Å². The van der Waals surface area contributed by atoms with Gasteiger partial charge >= 0.3 is 0 Å². The highest BCUT2D eigenvalue weighted by Gasteiger charge is 2.09. The quantitative estimate of drug-likeness (QED) is 0.291. The van der Waals surface area contributed by atoms with E-state index < -0.39 is 0 Å². The number of nitrogens with zero attached hydrogens (tertiary/aromatic N) is 1. The molecule has 0 unspecified atom stereocenters. The summed E-state index contributed by atoms with van der Waals surface area (Å²) in [4.78, 5) is 4.78. The standard InChI is InChI=1S/C26H21Cl2NO/c1-17-7-8-18(2)25(13-17)29-15-23-22-6-4-3-5-19(22)10-12-26(23)30-16-20-9-11-21(27)14-24(20)28/h3-15H,16H2,1-2H3. The molecule has 0 atom stereocenters. The van der Waals surface area contributed by atoms with Crippen molar-refractivity contribution in [1.82, 2.24) is 0 Å². The predicted molar refractivity (Wildman–Crippen MR) is 128 cm³/mol. The van der Waals surface area contributed by atoms with Gasteiger partial charge in [0.2, 0.25) is 0 Å². The fraction of sp³-hybridized carbons (Fsp3) is 0.115. The molecular weight excluding hydrogens is 413 g/mol. The van der Waals surface area contributed by atoms with E-state index in [1.807, 2.05) is 36.5 Å². The van der Waals surface area contributed by atoms with E-state index in [0.29, 0.717) is 16.7 Å². The van der Waals surface area contributed by atoms with Crippen LogP contribution in [0.25, 0.3) is 10.8 Å². The Hall–Kier alpha value is -2.81. The Morgan fingerprint density at radius 1 is 0.900 bits per heavy atom. The van der Waals surface area contributed by atoms with Crippen LogP contribution in [0.15, 0.2) is 77.8 Å². The highest BCUT2D eigenvalue weighted by Crippen LogP contribution is 2.30. The van der Waals surface area contributed by atoms with Gasteiger partial charge in [0.15, 0.2) is 0 Å². The first kappa shape index (κ1) is 20.5. The molecule has 150 valence electrons. The Morgan fingerprint density at radius 3 is 2.57 bits per heavy atom. The third-order valence-corrected chi connectivity index (χ3v) is 5.61. The van der Waals surface area contributed by atoms with Crippen molar-refractivity contribution in [2.45, 2.75) is 20.5 Å². The zero-order valence-corrected chi connectivity index (χ0v) is 18.3. The lowest BCUT2D eigenvalue weighted by atomic mass is 10.0. The molecule has 0 aliphatic heterocycles. The van der Waals surface area contributed by atoms with E-state index in [4.69, 9.17) is 32.9 Å². The van der Waals surface area contributed by atoms with Gasteiger partial charge in [-0.1, -0.05) is 71.7 Å². The zero-order chi connectivity index (χ0) is 21.1. The van der Waals surface area contributed by atoms with E-state index in [9.17, 15) is 0 Å². The van der Waals surface area contributed by atoms with Gasteiger partial charge < -0.3 is 4.74 Å². The van der Waals surface area contributed by atoms with Gasteiger partial charge in [0.05, 0.1) is 5.69 Å². The Labute approximate surface area is 186 Å². The second kappa shape index (κ2) is 8.91. The second-order valence-corrected chi connectivity index (χ2v) is 8.11. The van der Waals surface area contributed by atoms with Crippen LogP contribution in [0.4, 0.5) is 5.69 Å². The fourth-order valence-corrected chi connectivity index (χ4v) is 3.78. The van der Waals surface area contributed by atoms with Gasteiger partial charge in [-0.15, -0.1) is 0 Å². The van der Waals surface area contributed by atoms with Gasteiger partial charge in [0, 0.05) is 27.4 Å². The van der Waals surface area contributed by atoms with Crippen molar-refractivity contribution >= 4 is 45.9 Å². The van der Waals surface area contributed by atoms with E-state index >= 15 is 0 Å². The van der Waals surface area contributed by atoms with Gasteiger partial charge in [-0.05, 0) is 60.0 Å². The SMILES string of the molecule is Cc1ccc(C)c(N=Cc2c(OCc3ccc(Cl)cc3Cl)ccc3ccccc23)c1. The maximum atomic E-state index is 6.31. The topological polar surface area (TPSA) is 21.6 Å². The Balaban J connectivity index is 1.72. The molecule has 0 heterocycles. The maximum absolute atomic E-state index is 6.31. The van der Waals surface area contributed by atoms with E-state index in [-0.39, 0.29) is 0 Å². The maximum Gasteiger partial charge on any atom is 0.129 e. The summed E-state index contributed by atoms with van der Waals surface area (Å²) >= 11 is 12.3. The molecule has 0 aliphatic rings. The smallest absolute Gasteiger partial charge is 0.129 e. The van der Waals surface area contributed by atoms with Crippen LogP contribution in [0.2, 0.25) is 10.0 Å². The van der Waals surface area contributed by atoms with Crippen molar-refractivity contribution in [3.05, 3.63) is 105 Å². The Kier molecular flexibility index (Phi) is 6.08. The summed E-state index contributed by atoms with van der Waals surface area (Å²) in [6.45, 7) is 4.48. The molecule has 0 spiro atoms. The number of hydrogen-bond donors (Lipinski definition) is 0. The molecular formula is C26H21Cl2NO. The van der Waals surface area contributed by atoms with Gasteiger partial charge in [-0.2, -0.15) is 0 Å². The first-order valence-electron chi connectivity index (χ1n) is 9.71. The molecule has 0 saturated carbocycles. The molecule has 0 N–H and O–H groups in total. The van der Waals surface area contributed by atoms with Gasteiger partial charge in [0.1, 0.15) is 12.4 Å². The molecule has 0 fully saturated rings. The number of rotatable bonds is 5. The Bertz CT molecular complexity index is 1250. The highest BCUT2D eigenvalue weighted by atomic mass is 35.5. The number of aliphatic imine (C=N–C) groups is 1. The first-order valence-corrected chi connectivity index (χ1v) is 10.5. The summed E-state index contributed by atoms with van der Waals surface area (Å²) in [5, 5.41) is 3.42. The molecule has 4 aromatic carbocycles. The minimum Gasteiger partial charge on any atom is -0.488 e. The van der Waals surface area contributed by atoms with Crippen molar-refractivity contribution in [1.29, 1.82) is 0 Å². The van der Waals surface area contributed by atoms with Crippen LogP contribution in [0.5, 0.6) is 5.75 Å². The molecule has 0 aliphatic carbocycles. The third-order valence-electron chi connectivity index (χ3n) is 5.03. The van der Waals surface area contributed by atoms with Crippen LogP contribution in [0.1, 0.15) is 22.3 Å². The second-order valence-electron chi connectivity index (χ2n) is 7.27. The number of hydrogen-bond acceptors (Lipinski definition) is 2. The van der Waals surface area contributed by atoms with Crippen molar-refractivity contribution in [2.24, 2.45) is 4.99 Å². The number of fused-ring (bicyclic) bond motifs is 1. The third kappa shape index (κ3) is 4.51. The molecule has 4 heteroatoms. The van der Waals surface area contributed by atoms with Crippen LogP contribution in [-0.4, -0.2) is 6.21 Å². The minimum atomic E-state index is 0.346. The number of ether oxygens (including phenoxy) is 1. The lowest BCUT2D eigenvalue weighted by molar-refractivity contribution is 0.306. The largest absolute Gasteiger partial charge is 0.488 e. The highest BCUT2D eigenvalue weighted by molar-refractivity contribution is 6.35. The van der Waals surface area contributed by atoms with Crippen LogP contribution in [0, 0.1) is 13.8 Å². The number of benzene rings is 4. The Morgan fingerprint density at radius 2 is 1.73 bits per heavy atom. The number of halogens is 2. The molecule has 0 aromatic heterocycles. The summed E-state index contributed by atoms with van der Waals surface area (Å²) < 4.78 is 6.18. The summed E-state index contributed by atoms with van der Waals surface area (Å²) in [6, 6.07) is 24.0. The van der Waals surface area contributed by atoms with E-state index in [0.717, 1.165) is 38.9 Å². The van der Waals surface area contributed by atoms with Crippen LogP contribution < -0.4 is 4.74 Å². The fourth-order valence-electron chi connectivity index (χ4n) is 3.32. The van der Waals surface area contributed by atoms with Crippen molar-refractivity contribution in [3.8, 4) is 5.75 Å². The zero-order valence-electron chi connectivity index (χ0n) is 16.8. The molecule has 2 nitrogen and oxygen atoms in total. The van der Waals surface area contributed by atoms with Gasteiger partial charge in [0.25, 0.3) is 0 Å². The lowest BCUT2D eigenvalue weighted by Crippen LogP contribution is -2.00. The van der Waals surface area contributed by atoms with E-state index in [1.165, 1.54) is 5.56 Å². The molecule has 0 saturated heterocycles. The molecule has 0 amide bonds. The lowest BCUT2D eigenvalue weighted by Gasteiger charge is -2.13. The predicted octanol–water partition coefficient (Wildman–Crippen LogP) is 8.09. The van der Waals surface area contributed by atoms with Crippen LogP contribution >= 0.6 is 23.2 Å². The molecule has 0 bridgehead atoms. The van der Waals surface area contributed by atoms with Crippen LogP contribution in [0.3, 0.4) is 0 Å². The van der Waals surface area contributed by atoms with Crippen molar-refractivity contribution < 1.29 is 4.74 Å². The summed E-state index contributed by atoms with van der Waals surface area (Å²) in [5.41, 5.74) is 5.09. The average Bonchev–Trinajstić information content (AvgIpc) is 2.74. The molecule has 4 rings (SSSR count). The summed E-state index contributed by atoms with van der Waals surface area (Å²) in [5.74, 6) is 0.758. The first-order chi connectivity index (χ1) is 14.5. The monoisotopic (exact) mass is 433 g/mol. The molecule has 4 aromatic rings. The minimum absolute atomic E-state index is 0.346. The number of aryl methyl sites for hydroxylation is 2. The van der Waals surface area contributed by atoms with E-state index in [1.54, 1.807) is 6.07 Å². The average molecular weight is 434 g/mol. The van der Waals surface area contributed by atoms with Crippen molar-refractivity contribution in [3.63, 3.8) is 0 Å². The van der Waals surface area contributed by atoms with E-state index in [2.05, 4.69) is 50.2 Å². The molecule has 0 radical (unpaired) electrons. The van der Waals surface area contributed by atoms with Gasteiger partial charge in [-0.25, -0.2) is 0 Å². The summed E-state index contributed by atoms with van der Waals surface area (Å²) in [6.07, 6.45) is 1.89. The van der Waals surface area contributed by atoms with Gasteiger partial charge in [-0.3, -0.25) is 4.99 Å². The normalized spacial score (nSPS) is 11.3.